The molecule has 30 heavy (non-hydrogen) atoms. The number of thiophene rings is 1. The third-order valence-corrected chi connectivity index (χ3v) is 6.07. The monoisotopic (exact) mass is 454 g/mol. The van der Waals surface area contributed by atoms with E-state index in [1.165, 1.54) is 18.4 Å². The number of nitrogens with zero attached hydrogens (tertiary/aromatic N) is 1. The van der Waals surface area contributed by atoms with Crippen LogP contribution in [-0.4, -0.2) is 50.7 Å². The topological polar surface area (TPSA) is 77.1 Å². The van der Waals surface area contributed by atoms with Crippen LogP contribution in [0, 0.1) is 0 Å². The van der Waals surface area contributed by atoms with Crippen molar-refractivity contribution in [1.29, 1.82) is 0 Å². The molecule has 1 aromatic carbocycles. The predicted molar refractivity (Wildman–Crippen MR) is 120 cm³/mol. The van der Waals surface area contributed by atoms with Crippen LogP contribution in [-0.2, 0) is 17.7 Å². The predicted octanol–water partition coefficient (Wildman–Crippen LogP) is 3.99. The third-order valence-electron chi connectivity index (χ3n) is 4.94. The number of ether oxygens (including phenoxy) is 3. The lowest BCUT2D eigenvalue weighted by Gasteiger charge is -2.25. The maximum absolute atomic E-state index is 12.9. The highest BCUT2D eigenvalue weighted by Crippen LogP contribution is 2.38. The largest absolute Gasteiger partial charge is 0.493 e. The fraction of sp³-hybridized carbons (Fsp3) is 0.429. The molecule has 1 N–H and O–H groups in total. The molecule has 2 aromatic rings. The van der Waals surface area contributed by atoms with Gasteiger partial charge < -0.3 is 19.5 Å². The van der Waals surface area contributed by atoms with Gasteiger partial charge in [0.05, 0.1) is 26.4 Å². The number of esters is 1. The fourth-order valence-corrected chi connectivity index (χ4v) is 4.66. The molecule has 0 fully saturated rings. The van der Waals surface area contributed by atoms with Crippen LogP contribution in [0.5, 0.6) is 11.5 Å². The molecule has 0 radical (unpaired) electrons. The Morgan fingerprint density at radius 2 is 1.90 bits per heavy atom. The molecule has 3 rings (SSSR count). The highest BCUT2D eigenvalue weighted by molar-refractivity contribution is 7.17. The van der Waals surface area contributed by atoms with Crippen LogP contribution in [0.3, 0.4) is 0 Å². The number of fused-ring (bicyclic) bond motifs is 1. The second-order valence-corrected chi connectivity index (χ2v) is 7.68. The van der Waals surface area contributed by atoms with E-state index in [4.69, 9.17) is 14.2 Å². The summed E-state index contributed by atoms with van der Waals surface area (Å²) in [6.45, 7) is 6.78. The van der Waals surface area contributed by atoms with Gasteiger partial charge in [0.15, 0.2) is 11.5 Å². The zero-order valence-corrected chi connectivity index (χ0v) is 19.2. The minimum atomic E-state index is -0.391. The number of benzene rings is 1. The lowest BCUT2D eigenvalue weighted by Crippen LogP contribution is -2.30. The standard InChI is InChI=1S/C21H26N2O5S.ClH/c1-5-23-10-9-14-17(12-23)29-20(18(14)21(25)28-6-2)22-19(24)13-7-8-15(26-3)16(11-13)27-4;/h7-8,11H,5-6,9-10,12H2,1-4H3,(H,22,24);1H. The molecule has 0 atom stereocenters. The molecular weight excluding hydrogens is 428 g/mol. The van der Waals surface area contributed by atoms with Crippen molar-refractivity contribution in [3.8, 4) is 11.5 Å². The van der Waals surface area contributed by atoms with E-state index in [-0.39, 0.29) is 24.9 Å². The third kappa shape index (κ3) is 4.88. The number of amides is 1. The Hall–Kier alpha value is -2.29. The fourth-order valence-electron chi connectivity index (χ4n) is 3.39. The van der Waals surface area contributed by atoms with Crippen LogP contribution in [0.1, 0.15) is 45.0 Å². The molecule has 0 aliphatic carbocycles. The number of carbonyl (C=O) groups excluding carboxylic acids is 2. The van der Waals surface area contributed by atoms with Crippen LogP contribution >= 0.6 is 23.7 Å². The molecule has 1 amide bonds. The summed E-state index contributed by atoms with van der Waals surface area (Å²) in [5.74, 6) is 0.303. The molecule has 1 aromatic heterocycles. The number of hydrogen-bond donors (Lipinski definition) is 1. The van der Waals surface area contributed by atoms with Crippen molar-refractivity contribution < 1.29 is 23.8 Å². The number of nitrogens with one attached hydrogen (secondary N) is 1. The maximum Gasteiger partial charge on any atom is 0.341 e. The van der Waals surface area contributed by atoms with Crippen LogP contribution < -0.4 is 14.8 Å². The Balaban J connectivity index is 0.00000320. The summed E-state index contributed by atoms with van der Waals surface area (Å²) in [4.78, 5) is 28.9. The normalized spacial score (nSPS) is 13.1. The first kappa shape index (κ1) is 24.0. The SMILES string of the molecule is CCOC(=O)c1c(NC(=O)c2ccc(OC)c(OC)c2)sc2c1CCN(CC)C2.Cl. The second-order valence-electron chi connectivity index (χ2n) is 6.57. The summed E-state index contributed by atoms with van der Waals surface area (Å²) in [5.41, 5.74) is 1.89. The van der Waals surface area contributed by atoms with Gasteiger partial charge in [-0.05, 0) is 43.7 Å². The summed E-state index contributed by atoms with van der Waals surface area (Å²) in [6.07, 6.45) is 0.764. The van der Waals surface area contributed by atoms with Gasteiger partial charge in [-0.15, -0.1) is 23.7 Å². The van der Waals surface area contributed by atoms with E-state index in [1.807, 2.05) is 0 Å². The van der Waals surface area contributed by atoms with Crippen molar-refractivity contribution in [2.45, 2.75) is 26.8 Å². The Bertz CT molecular complexity index is 915. The van der Waals surface area contributed by atoms with Gasteiger partial charge in [0, 0.05) is 23.5 Å². The van der Waals surface area contributed by atoms with Crippen molar-refractivity contribution in [2.24, 2.45) is 0 Å². The zero-order chi connectivity index (χ0) is 21.0. The van der Waals surface area contributed by atoms with Gasteiger partial charge in [-0.1, -0.05) is 6.92 Å². The Labute approximate surface area is 186 Å². The van der Waals surface area contributed by atoms with Crippen molar-refractivity contribution in [2.75, 3.05) is 39.2 Å². The van der Waals surface area contributed by atoms with Gasteiger partial charge in [-0.25, -0.2) is 4.79 Å². The lowest BCUT2D eigenvalue weighted by atomic mass is 10.0. The van der Waals surface area contributed by atoms with E-state index in [0.717, 1.165) is 36.5 Å². The van der Waals surface area contributed by atoms with E-state index in [1.54, 1.807) is 32.2 Å². The molecule has 0 unspecified atom stereocenters. The molecule has 164 valence electrons. The van der Waals surface area contributed by atoms with Gasteiger partial charge in [-0.2, -0.15) is 0 Å². The van der Waals surface area contributed by atoms with Crippen LogP contribution in [0.2, 0.25) is 0 Å². The average Bonchev–Trinajstić information content (AvgIpc) is 3.09. The van der Waals surface area contributed by atoms with Crippen molar-refractivity contribution in [1.82, 2.24) is 4.90 Å². The van der Waals surface area contributed by atoms with Gasteiger partial charge in [0.2, 0.25) is 0 Å². The number of anilines is 1. The molecule has 0 saturated heterocycles. The molecule has 0 spiro atoms. The Morgan fingerprint density at radius 1 is 1.17 bits per heavy atom. The van der Waals surface area contributed by atoms with Crippen LogP contribution in [0.15, 0.2) is 18.2 Å². The first-order valence-electron chi connectivity index (χ1n) is 9.59. The van der Waals surface area contributed by atoms with Crippen molar-refractivity contribution >= 4 is 40.6 Å². The maximum atomic E-state index is 12.9. The van der Waals surface area contributed by atoms with Gasteiger partial charge >= 0.3 is 5.97 Å². The molecule has 7 nitrogen and oxygen atoms in total. The van der Waals surface area contributed by atoms with Gasteiger partial charge in [0.25, 0.3) is 5.91 Å². The minimum Gasteiger partial charge on any atom is -0.493 e. The van der Waals surface area contributed by atoms with E-state index in [9.17, 15) is 9.59 Å². The number of hydrogen-bond acceptors (Lipinski definition) is 7. The second kappa shape index (κ2) is 10.7. The van der Waals surface area contributed by atoms with Crippen molar-refractivity contribution in [3.63, 3.8) is 0 Å². The van der Waals surface area contributed by atoms with Crippen molar-refractivity contribution in [3.05, 3.63) is 39.8 Å². The molecule has 2 heterocycles. The van der Waals surface area contributed by atoms with E-state index in [2.05, 4.69) is 17.1 Å². The summed E-state index contributed by atoms with van der Waals surface area (Å²) in [5, 5.41) is 3.44. The Morgan fingerprint density at radius 3 is 2.53 bits per heavy atom. The van der Waals surface area contributed by atoms with E-state index in [0.29, 0.717) is 27.6 Å². The summed E-state index contributed by atoms with van der Waals surface area (Å²) in [7, 11) is 3.06. The number of methoxy groups -OCH3 is 2. The smallest absolute Gasteiger partial charge is 0.341 e. The minimum absolute atomic E-state index is 0. The number of carbonyl (C=O) groups is 2. The first-order chi connectivity index (χ1) is 14.0. The highest BCUT2D eigenvalue weighted by atomic mass is 35.5. The summed E-state index contributed by atoms with van der Waals surface area (Å²) < 4.78 is 15.8. The number of rotatable bonds is 7. The quantitative estimate of drug-likeness (QED) is 0.637. The molecule has 1 aliphatic heterocycles. The molecule has 9 heteroatoms. The van der Waals surface area contributed by atoms with Gasteiger partial charge in [-0.3, -0.25) is 9.69 Å². The summed E-state index contributed by atoms with van der Waals surface area (Å²) in [6, 6.07) is 4.95. The van der Waals surface area contributed by atoms with Crippen LogP contribution in [0.25, 0.3) is 0 Å². The first-order valence-corrected chi connectivity index (χ1v) is 10.4. The van der Waals surface area contributed by atoms with Gasteiger partial charge in [0.1, 0.15) is 5.00 Å². The zero-order valence-electron chi connectivity index (χ0n) is 17.6. The number of halogens is 1. The van der Waals surface area contributed by atoms with Crippen LogP contribution in [0.4, 0.5) is 5.00 Å². The number of likely N-dealkylation sites (N-methyl/N-ethyl adjacent to an activating group) is 1. The lowest BCUT2D eigenvalue weighted by molar-refractivity contribution is 0.0526. The van der Waals surface area contributed by atoms with E-state index < -0.39 is 5.97 Å². The molecular formula is C21H27ClN2O5S. The Kier molecular flexibility index (Phi) is 8.52. The van der Waals surface area contributed by atoms with E-state index >= 15 is 0 Å². The molecule has 0 bridgehead atoms. The molecule has 1 aliphatic rings. The molecule has 0 saturated carbocycles. The highest BCUT2D eigenvalue weighted by Gasteiger charge is 2.29. The summed E-state index contributed by atoms with van der Waals surface area (Å²) >= 11 is 1.45. The average molecular weight is 455 g/mol.